The Bertz CT molecular complexity index is 1050. The van der Waals surface area contributed by atoms with Crippen LogP contribution in [0.25, 0.3) is 5.57 Å². The summed E-state index contributed by atoms with van der Waals surface area (Å²) in [6.45, 7) is 4.38. The van der Waals surface area contributed by atoms with Crippen LogP contribution in [0.3, 0.4) is 0 Å². The Morgan fingerprint density at radius 1 is 0.517 bits per heavy atom. The molecule has 0 spiro atoms. The Morgan fingerprint density at radius 2 is 0.897 bits per heavy atom. The van der Waals surface area contributed by atoms with E-state index in [1.54, 1.807) is 0 Å². The quantitative estimate of drug-likeness (QED) is 0.263. The third-order valence-electron chi connectivity index (χ3n) is 4.66. The minimum atomic E-state index is 0.838. The van der Waals surface area contributed by atoms with Crippen LogP contribution in [0.15, 0.2) is 133 Å². The number of benzene rings is 4. The number of hydrazone groups is 1. The first-order valence-corrected chi connectivity index (χ1v) is 9.62. The van der Waals surface area contributed by atoms with Crippen molar-refractivity contribution in [2.75, 3.05) is 5.01 Å². The summed E-state index contributed by atoms with van der Waals surface area (Å²) in [6.07, 6.45) is 0. The minimum absolute atomic E-state index is 0.838. The number of nitrogens with zero attached hydrogens (tertiary/aromatic N) is 2. The van der Waals surface area contributed by atoms with Gasteiger partial charge in [0.1, 0.15) is 0 Å². The lowest BCUT2D eigenvalue weighted by molar-refractivity contribution is 1.09. The molecule has 140 valence electrons. The molecule has 0 atom stereocenters. The summed E-state index contributed by atoms with van der Waals surface area (Å²) in [6, 6.07) is 40.7. The molecule has 4 aromatic carbocycles. The van der Waals surface area contributed by atoms with Gasteiger partial charge in [0.2, 0.25) is 0 Å². The van der Waals surface area contributed by atoms with E-state index in [1.165, 1.54) is 0 Å². The van der Waals surface area contributed by atoms with Gasteiger partial charge in [-0.25, -0.2) is 5.01 Å². The maximum atomic E-state index is 5.11. The number of rotatable bonds is 6. The van der Waals surface area contributed by atoms with Gasteiger partial charge in [-0.3, -0.25) is 0 Å². The van der Waals surface area contributed by atoms with Crippen LogP contribution < -0.4 is 5.01 Å². The van der Waals surface area contributed by atoms with E-state index < -0.39 is 0 Å². The van der Waals surface area contributed by atoms with Crippen LogP contribution in [-0.2, 0) is 0 Å². The number of allylic oxidation sites excluding steroid dienone is 1. The standard InChI is InChI=1S/C27H22N2/c1-22(23-14-6-2-7-15-23)27(24-16-8-3-9-17-24)28-29(25-18-10-4-11-19-25)26-20-12-5-13-21-26/h2-21H,1H2. The van der Waals surface area contributed by atoms with Crippen molar-refractivity contribution < 1.29 is 0 Å². The summed E-state index contributed by atoms with van der Waals surface area (Å²) < 4.78 is 0. The highest BCUT2D eigenvalue weighted by Gasteiger charge is 2.15. The number of hydrogen-bond acceptors (Lipinski definition) is 2. The molecule has 0 saturated carbocycles. The second kappa shape index (κ2) is 8.85. The Hall–Kier alpha value is -3.91. The van der Waals surface area contributed by atoms with Gasteiger partial charge in [-0.05, 0) is 29.8 Å². The number of hydrogen-bond donors (Lipinski definition) is 0. The molecule has 29 heavy (non-hydrogen) atoms. The summed E-state index contributed by atoms with van der Waals surface area (Å²) in [7, 11) is 0. The molecule has 0 fully saturated rings. The fraction of sp³-hybridized carbons (Fsp3) is 0. The first kappa shape index (κ1) is 18.5. The second-order valence-corrected chi connectivity index (χ2v) is 6.64. The van der Waals surface area contributed by atoms with Crippen molar-refractivity contribution >= 4 is 22.7 Å². The van der Waals surface area contributed by atoms with Crippen LogP contribution in [0.4, 0.5) is 11.4 Å². The van der Waals surface area contributed by atoms with E-state index in [0.717, 1.165) is 33.8 Å². The minimum Gasteiger partial charge on any atom is -0.233 e. The van der Waals surface area contributed by atoms with E-state index in [1.807, 2.05) is 77.8 Å². The van der Waals surface area contributed by atoms with Crippen molar-refractivity contribution in [3.8, 4) is 0 Å². The highest BCUT2D eigenvalue weighted by molar-refractivity contribution is 6.31. The first-order valence-electron chi connectivity index (χ1n) is 9.62. The molecule has 0 aliphatic heterocycles. The summed E-state index contributed by atoms with van der Waals surface area (Å²) in [4.78, 5) is 0. The van der Waals surface area contributed by atoms with Crippen LogP contribution in [-0.4, -0.2) is 5.71 Å². The van der Waals surface area contributed by atoms with Gasteiger partial charge in [0.05, 0.1) is 17.1 Å². The van der Waals surface area contributed by atoms with Crippen LogP contribution in [0.5, 0.6) is 0 Å². The molecule has 0 aromatic heterocycles. The number of para-hydroxylation sites is 2. The van der Waals surface area contributed by atoms with Gasteiger partial charge in [0.25, 0.3) is 0 Å². The maximum absolute atomic E-state index is 5.11. The third kappa shape index (κ3) is 4.33. The number of anilines is 2. The zero-order valence-electron chi connectivity index (χ0n) is 16.1. The molecule has 0 unspecified atom stereocenters. The molecule has 0 aliphatic rings. The van der Waals surface area contributed by atoms with Gasteiger partial charge in [0.15, 0.2) is 0 Å². The van der Waals surface area contributed by atoms with Crippen molar-refractivity contribution in [2.45, 2.75) is 0 Å². The Balaban J connectivity index is 1.88. The molecule has 0 amide bonds. The maximum Gasteiger partial charge on any atom is 0.0984 e. The molecule has 0 bridgehead atoms. The summed E-state index contributed by atoms with van der Waals surface area (Å²) in [5, 5.41) is 7.08. The predicted molar refractivity (Wildman–Crippen MR) is 123 cm³/mol. The zero-order valence-corrected chi connectivity index (χ0v) is 16.1. The normalized spacial score (nSPS) is 11.1. The Labute approximate surface area is 172 Å². The van der Waals surface area contributed by atoms with Gasteiger partial charge in [-0.2, -0.15) is 5.10 Å². The molecule has 0 aliphatic carbocycles. The van der Waals surface area contributed by atoms with E-state index in [2.05, 4.69) is 55.1 Å². The molecule has 0 radical (unpaired) electrons. The van der Waals surface area contributed by atoms with Crippen LogP contribution in [0.2, 0.25) is 0 Å². The summed E-state index contributed by atoms with van der Waals surface area (Å²) in [5.74, 6) is 0. The van der Waals surface area contributed by atoms with Crippen LogP contribution >= 0.6 is 0 Å². The van der Waals surface area contributed by atoms with Crippen molar-refractivity contribution in [1.82, 2.24) is 0 Å². The molecule has 4 rings (SSSR count). The fourth-order valence-electron chi connectivity index (χ4n) is 3.17. The molecule has 0 heterocycles. The lowest BCUT2D eigenvalue weighted by atomic mass is 9.97. The Morgan fingerprint density at radius 3 is 1.34 bits per heavy atom. The topological polar surface area (TPSA) is 15.6 Å². The van der Waals surface area contributed by atoms with Gasteiger partial charge in [-0.1, -0.05) is 104 Å². The van der Waals surface area contributed by atoms with Crippen LogP contribution in [0, 0.1) is 0 Å². The second-order valence-electron chi connectivity index (χ2n) is 6.64. The monoisotopic (exact) mass is 374 g/mol. The average molecular weight is 374 g/mol. The molecular formula is C27H22N2. The Kier molecular flexibility index (Phi) is 5.63. The van der Waals surface area contributed by atoms with E-state index >= 15 is 0 Å². The lowest BCUT2D eigenvalue weighted by Crippen LogP contribution is -2.15. The highest BCUT2D eigenvalue weighted by Crippen LogP contribution is 2.28. The molecule has 0 N–H and O–H groups in total. The average Bonchev–Trinajstić information content (AvgIpc) is 2.82. The molecule has 2 nitrogen and oxygen atoms in total. The molecule has 0 saturated heterocycles. The largest absolute Gasteiger partial charge is 0.233 e. The van der Waals surface area contributed by atoms with E-state index in [0.29, 0.717) is 0 Å². The van der Waals surface area contributed by atoms with Gasteiger partial charge in [0, 0.05) is 11.1 Å². The molecular weight excluding hydrogens is 352 g/mol. The fourth-order valence-corrected chi connectivity index (χ4v) is 3.17. The van der Waals surface area contributed by atoms with Crippen molar-refractivity contribution in [2.24, 2.45) is 5.10 Å². The highest BCUT2D eigenvalue weighted by atomic mass is 15.5. The molecule has 2 heteroatoms. The van der Waals surface area contributed by atoms with Gasteiger partial charge < -0.3 is 0 Å². The van der Waals surface area contributed by atoms with E-state index in [4.69, 9.17) is 5.10 Å². The van der Waals surface area contributed by atoms with Crippen LogP contribution in [0.1, 0.15) is 11.1 Å². The van der Waals surface area contributed by atoms with E-state index in [-0.39, 0.29) is 0 Å². The van der Waals surface area contributed by atoms with Gasteiger partial charge in [-0.15, -0.1) is 0 Å². The molecule has 4 aromatic rings. The first-order chi connectivity index (χ1) is 14.3. The third-order valence-corrected chi connectivity index (χ3v) is 4.66. The predicted octanol–water partition coefficient (Wildman–Crippen LogP) is 6.94. The summed E-state index contributed by atoms with van der Waals surface area (Å²) >= 11 is 0. The lowest BCUT2D eigenvalue weighted by Gasteiger charge is -2.22. The van der Waals surface area contributed by atoms with Crippen molar-refractivity contribution in [1.29, 1.82) is 0 Å². The SMILES string of the molecule is C=C(C(=NN(c1ccccc1)c1ccccc1)c1ccccc1)c1ccccc1. The summed E-state index contributed by atoms with van der Waals surface area (Å²) in [5.41, 5.74) is 5.79. The van der Waals surface area contributed by atoms with E-state index in [9.17, 15) is 0 Å². The van der Waals surface area contributed by atoms with Gasteiger partial charge >= 0.3 is 0 Å². The zero-order chi connectivity index (χ0) is 19.9. The van der Waals surface area contributed by atoms with Crippen molar-refractivity contribution in [3.63, 3.8) is 0 Å². The van der Waals surface area contributed by atoms with Crippen molar-refractivity contribution in [3.05, 3.63) is 139 Å². The smallest absolute Gasteiger partial charge is 0.0984 e.